The molecular weight excluding hydrogens is 349 g/mol. The Labute approximate surface area is 116 Å². The van der Waals surface area contributed by atoms with Crippen molar-refractivity contribution in [1.29, 1.82) is 0 Å². The molecule has 0 bridgehead atoms. The molecule has 1 saturated heterocycles. The summed E-state index contributed by atoms with van der Waals surface area (Å²) in [5.41, 5.74) is 0. The van der Waals surface area contributed by atoms with Crippen LogP contribution in [0.2, 0.25) is 0 Å². The summed E-state index contributed by atoms with van der Waals surface area (Å²) in [7, 11) is -3.30. The normalized spacial score (nSPS) is 22.6. The van der Waals surface area contributed by atoms with Crippen molar-refractivity contribution in [3.63, 3.8) is 0 Å². The number of nitrogens with zero attached hydrogens (tertiary/aromatic N) is 1. The minimum absolute atomic E-state index is 0.119. The largest absolute Gasteiger partial charge is 0.243 e. The first-order valence-corrected chi connectivity index (χ1v) is 8.31. The Morgan fingerprint density at radius 2 is 1.88 bits per heavy atom. The van der Waals surface area contributed by atoms with Crippen molar-refractivity contribution < 1.29 is 8.42 Å². The summed E-state index contributed by atoms with van der Waals surface area (Å²) in [5.74, 6) is 0. The quantitative estimate of drug-likeness (QED) is 0.756. The predicted molar refractivity (Wildman–Crippen MR) is 76.4 cm³/mol. The van der Waals surface area contributed by atoms with E-state index in [1.807, 2.05) is 19.1 Å². The zero-order valence-corrected chi connectivity index (χ0v) is 12.7. The van der Waals surface area contributed by atoms with E-state index in [1.54, 1.807) is 16.4 Å². The van der Waals surface area contributed by atoms with Crippen LogP contribution in [0.3, 0.4) is 0 Å². The molecule has 0 radical (unpaired) electrons. The molecule has 1 aromatic rings. The van der Waals surface area contributed by atoms with E-state index in [0.717, 1.165) is 22.8 Å². The van der Waals surface area contributed by atoms with Crippen LogP contribution in [0.25, 0.3) is 0 Å². The third kappa shape index (κ3) is 2.82. The van der Waals surface area contributed by atoms with Gasteiger partial charge in [-0.25, -0.2) is 8.42 Å². The molecule has 0 N–H and O–H groups in total. The second kappa shape index (κ2) is 5.24. The summed E-state index contributed by atoms with van der Waals surface area (Å²) in [6, 6.07) is 7.18. The minimum atomic E-state index is -3.30. The highest BCUT2D eigenvalue weighted by atomic mass is 127. The summed E-state index contributed by atoms with van der Waals surface area (Å²) in [5, 5.41) is 0. The number of sulfonamides is 1. The fourth-order valence-corrected chi connectivity index (χ4v) is 4.23. The summed E-state index contributed by atoms with van der Waals surface area (Å²) in [6.45, 7) is 2.64. The Hall–Kier alpha value is -0.140. The number of benzene rings is 1. The average molecular weight is 365 g/mol. The highest BCUT2D eigenvalue weighted by Gasteiger charge is 2.30. The molecule has 1 aliphatic rings. The van der Waals surface area contributed by atoms with Crippen molar-refractivity contribution in [3.8, 4) is 0 Å². The average Bonchev–Trinajstić information content (AvgIpc) is 2.30. The highest BCUT2D eigenvalue weighted by Crippen LogP contribution is 2.25. The lowest BCUT2D eigenvalue weighted by Gasteiger charge is -2.32. The van der Waals surface area contributed by atoms with Crippen molar-refractivity contribution >= 4 is 32.6 Å². The van der Waals surface area contributed by atoms with Gasteiger partial charge in [0.1, 0.15) is 0 Å². The van der Waals surface area contributed by atoms with Crippen molar-refractivity contribution in [2.24, 2.45) is 0 Å². The number of hydrogen-bond donors (Lipinski definition) is 0. The molecule has 1 fully saturated rings. The Morgan fingerprint density at radius 1 is 1.24 bits per heavy atom. The second-order valence-electron chi connectivity index (χ2n) is 4.41. The lowest BCUT2D eigenvalue weighted by Crippen LogP contribution is -2.41. The van der Waals surface area contributed by atoms with Crippen molar-refractivity contribution in [1.82, 2.24) is 4.31 Å². The van der Waals surface area contributed by atoms with Gasteiger partial charge in [0.15, 0.2) is 0 Å². The first-order valence-electron chi connectivity index (χ1n) is 5.79. The summed E-state index contributed by atoms with van der Waals surface area (Å²) < 4.78 is 27.6. The fraction of sp³-hybridized carbons (Fsp3) is 0.500. The maximum Gasteiger partial charge on any atom is 0.243 e. The van der Waals surface area contributed by atoms with E-state index >= 15 is 0 Å². The van der Waals surface area contributed by atoms with Crippen LogP contribution < -0.4 is 0 Å². The Kier molecular flexibility index (Phi) is 4.10. The van der Waals surface area contributed by atoms with Gasteiger partial charge in [-0.3, -0.25) is 0 Å². The van der Waals surface area contributed by atoms with Crippen LogP contribution in [0.5, 0.6) is 0 Å². The van der Waals surface area contributed by atoms with Crippen LogP contribution in [-0.2, 0) is 10.0 Å². The molecule has 3 nitrogen and oxygen atoms in total. The van der Waals surface area contributed by atoms with Gasteiger partial charge in [0.2, 0.25) is 10.0 Å². The SMILES string of the molecule is C[C@@H]1CCCCN1S(=O)(=O)c1ccc(I)cc1. The highest BCUT2D eigenvalue weighted by molar-refractivity contribution is 14.1. The summed E-state index contributed by atoms with van der Waals surface area (Å²) >= 11 is 2.17. The van der Waals surface area contributed by atoms with E-state index in [0.29, 0.717) is 11.4 Å². The fourth-order valence-electron chi connectivity index (χ4n) is 2.17. The van der Waals surface area contributed by atoms with E-state index in [4.69, 9.17) is 0 Å². The topological polar surface area (TPSA) is 37.4 Å². The number of halogens is 1. The molecule has 94 valence electrons. The molecule has 0 aliphatic carbocycles. The standard InChI is InChI=1S/C12H16INO2S/c1-10-4-2-3-9-14(10)17(15,16)12-7-5-11(13)6-8-12/h5-8,10H,2-4,9H2,1H3/t10-/m1/s1. The molecule has 1 aromatic carbocycles. The monoisotopic (exact) mass is 365 g/mol. The molecule has 1 atom stereocenters. The predicted octanol–water partition coefficient (Wildman–Crippen LogP) is 2.85. The first kappa shape index (κ1) is 13.3. The number of hydrogen-bond acceptors (Lipinski definition) is 2. The van der Waals surface area contributed by atoms with Gasteiger partial charge in [-0.05, 0) is 66.6 Å². The molecule has 0 spiro atoms. The summed E-state index contributed by atoms with van der Waals surface area (Å²) in [4.78, 5) is 0.409. The van der Waals surface area contributed by atoms with Crippen molar-refractivity contribution in [2.75, 3.05) is 6.54 Å². The van der Waals surface area contributed by atoms with Crippen LogP contribution in [-0.4, -0.2) is 25.3 Å². The van der Waals surface area contributed by atoms with E-state index in [-0.39, 0.29) is 6.04 Å². The molecular formula is C12H16INO2S. The van der Waals surface area contributed by atoms with Gasteiger partial charge < -0.3 is 0 Å². The van der Waals surface area contributed by atoms with Crippen LogP contribution in [0.1, 0.15) is 26.2 Å². The second-order valence-corrected chi connectivity index (χ2v) is 7.55. The molecule has 2 rings (SSSR count). The van der Waals surface area contributed by atoms with E-state index in [1.165, 1.54) is 0 Å². The Morgan fingerprint density at radius 3 is 2.47 bits per heavy atom. The molecule has 1 aliphatic heterocycles. The maximum atomic E-state index is 12.4. The van der Waals surface area contributed by atoms with Crippen molar-refractivity contribution in [2.45, 2.75) is 37.1 Å². The van der Waals surface area contributed by atoms with Gasteiger partial charge >= 0.3 is 0 Å². The molecule has 1 heterocycles. The molecule has 5 heteroatoms. The Balaban J connectivity index is 2.32. The lowest BCUT2D eigenvalue weighted by atomic mass is 10.1. The van der Waals surface area contributed by atoms with Gasteiger partial charge in [0.25, 0.3) is 0 Å². The Bertz CT molecular complexity index is 484. The molecule has 0 aromatic heterocycles. The number of piperidine rings is 1. The van der Waals surface area contributed by atoms with Gasteiger partial charge in [0.05, 0.1) is 4.90 Å². The minimum Gasteiger partial charge on any atom is -0.207 e. The third-order valence-electron chi connectivity index (χ3n) is 3.16. The number of rotatable bonds is 2. The molecule has 0 amide bonds. The van der Waals surface area contributed by atoms with Crippen LogP contribution >= 0.6 is 22.6 Å². The van der Waals surface area contributed by atoms with Crippen molar-refractivity contribution in [3.05, 3.63) is 27.8 Å². The van der Waals surface area contributed by atoms with Crippen LogP contribution in [0, 0.1) is 3.57 Å². The van der Waals surface area contributed by atoms with Gasteiger partial charge in [-0.1, -0.05) is 6.42 Å². The third-order valence-corrected chi connectivity index (χ3v) is 5.91. The molecule has 17 heavy (non-hydrogen) atoms. The first-order chi connectivity index (χ1) is 8.01. The molecule has 0 unspecified atom stereocenters. The zero-order chi connectivity index (χ0) is 12.5. The van der Waals surface area contributed by atoms with Gasteiger partial charge in [-0.15, -0.1) is 0 Å². The van der Waals surface area contributed by atoms with Gasteiger partial charge in [0, 0.05) is 16.2 Å². The van der Waals surface area contributed by atoms with Crippen LogP contribution in [0.4, 0.5) is 0 Å². The van der Waals surface area contributed by atoms with E-state index in [9.17, 15) is 8.42 Å². The van der Waals surface area contributed by atoms with E-state index in [2.05, 4.69) is 22.6 Å². The lowest BCUT2D eigenvalue weighted by molar-refractivity contribution is 0.268. The smallest absolute Gasteiger partial charge is 0.207 e. The van der Waals surface area contributed by atoms with Gasteiger partial charge in [-0.2, -0.15) is 4.31 Å². The maximum absolute atomic E-state index is 12.4. The summed E-state index contributed by atoms with van der Waals surface area (Å²) in [6.07, 6.45) is 3.05. The molecule has 0 saturated carbocycles. The van der Waals surface area contributed by atoms with Crippen LogP contribution in [0.15, 0.2) is 29.2 Å². The zero-order valence-electron chi connectivity index (χ0n) is 9.77. The van der Waals surface area contributed by atoms with E-state index < -0.39 is 10.0 Å².